The molecule has 7 heteroatoms. The second-order valence-electron chi connectivity index (χ2n) is 4.42. The van der Waals surface area contributed by atoms with E-state index in [4.69, 9.17) is 20.3 Å². The van der Waals surface area contributed by atoms with Gasteiger partial charge in [0, 0.05) is 6.61 Å². The minimum atomic E-state index is -1.38. The molecule has 1 rings (SSSR count). The van der Waals surface area contributed by atoms with E-state index in [2.05, 4.69) is 0 Å². The summed E-state index contributed by atoms with van der Waals surface area (Å²) in [5.41, 5.74) is 5.35. The predicted molar refractivity (Wildman–Crippen MR) is 62.6 cm³/mol. The zero-order valence-corrected chi connectivity index (χ0v) is 10.3. The molecule has 0 aliphatic carbocycles. The molecule has 5 atom stereocenters. The zero-order chi connectivity index (χ0) is 13.5. The fourth-order valence-electron chi connectivity index (χ4n) is 1.83. The first-order chi connectivity index (χ1) is 8.61. The summed E-state index contributed by atoms with van der Waals surface area (Å²) >= 11 is 0. The summed E-state index contributed by atoms with van der Waals surface area (Å²) < 4.78 is 10.5. The van der Waals surface area contributed by atoms with Crippen LogP contribution in [0.25, 0.3) is 0 Å². The number of aliphatic hydroxyl groups excluding tert-OH is 4. The molecular weight excluding hydrogens is 242 g/mol. The standard InChI is InChI=1S/C11H23NO6/c12-4-2-1-3-5-17-11-10(16)9(15)8(14)7(6-13)18-11/h7-11,13-16H,1-6,12H2/t7-,8-,9+,10+,11+/m1/s1. The van der Waals surface area contributed by atoms with Gasteiger partial charge in [0.25, 0.3) is 0 Å². The van der Waals surface area contributed by atoms with Crippen LogP contribution in [-0.4, -0.2) is 70.9 Å². The maximum atomic E-state index is 9.66. The third-order valence-corrected chi connectivity index (χ3v) is 2.98. The Bertz CT molecular complexity index is 228. The van der Waals surface area contributed by atoms with Crippen molar-refractivity contribution < 1.29 is 29.9 Å². The fourth-order valence-corrected chi connectivity index (χ4v) is 1.83. The normalized spacial score (nSPS) is 36.8. The third-order valence-electron chi connectivity index (χ3n) is 2.98. The summed E-state index contributed by atoms with van der Waals surface area (Å²) in [4.78, 5) is 0. The average Bonchev–Trinajstić information content (AvgIpc) is 2.38. The van der Waals surface area contributed by atoms with Gasteiger partial charge in [0.15, 0.2) is 6.29 Å². The summed E-state index contributed by atoms with van der Waals surface area (Å²) in [6, 6.07) is 0. The summed E-state index contributed by atoms with van der Waals surface area (Å²) in [5, 5.41) is 37.7. The van der Waals surface area contributed by atoms with Crippen LogP contribution in [0, 0.1) is 0 Å². The van der Waals surface area contributed by atoms with Crippen molar-refractivity contribution in [1.82, 2.24) is 0 Å². The van der Waals surface area contributed by atoms with E-state index in [1.807, 2.05) is 0 Å². The van der Waals surface area contributed by atoms with Crippen molar-refractivity contribution >= 4 is 0 Å². The lowest BCUT2D eigenvalue weighted by Gasteiger charge is -2.39. The molecule has 1 aliphatic rings. The van der Waals surface area contributed by atoms with Crippen molar-refractivity contribution in [3.05, 3.63) is 0 Å². The van der Waals surface area contributed by atoms with Gasteiger partial charge in [-0.2, -0.15) is 0 Å². The molecule has 1 aliphatic heterocycles. The molecule has 0 aromatic carbocycles. The van der Waals surface area contributed by atoms with Gasteiger partial charge >= 0.3 is 0 Å². The van der Waals surface area contributed by atoms with Gasteiger partial charge in [-0.15, -0.1) is 0 Å². The predicted octanol–water partition coefficient (Wildman–Crippen LogP) is -2.07. The van der Waals surface area contributed by atoms with E-state index in [-0.39, 0.29) is 0 Å². The second kappa shape index (κ2) is 8.00. The molecule has 0 radical (unpaired) electrons. The number of hydrogen-bond donors (Lipinski definition) is 5. The van der Waals surface area contributed by atoms with Crippen LogP contribution in [0.1, 0.15) is 19.3 Å². The van der Waals surface area contributed by atoms with E-state index in [1.54, 1.807) is 0 Å². The Balaban J connectivity index is 2.35. The lowest BCUT2D eigenvalue weighted by Crippen LogP contribution is -2.59. The number of ether oxygens (including phenoxy) is 2. The molecule has 18 heavy (non-hydrogen) atoms. The lowest BCUT2D eigenvalue weighted by molar-refractivity contribution is -0.301. The van der Waals surface area contributed by atoms with E-state index in [0.29, 0.717) is 13.2 Å². The SMILES string of the molecule is NCCCCCO[C@H]1O[C@H](CO)[C@@H](O)[C@H](O)[C@@H]1O. The van der Waals surface area contributed by atoms with Crippen molar-refractivity contribution in [3.63, 3.8) is 0 Å². The van der Waals surface area contributed by atoms with E-state index in [0.717, 1.165) is 19.3 Å². The number of aliphatic hydroxyl groups is 4. The van der Waals surface area contributed by atoms with Crippen molar-refractivity contribution in [2.75, 3.05) is 19.8 Å². The first-order valence-corrected chi connectivity index (χ1v) is 6.24. The fraction of sp³-hybridized carbons (Fsp3) is 1.00. The zero-order valence-electron chi connectivity index (χ0n) is 10.3. The van der Waals surface area contributed by atoms with Gasteiger partial charge in [0.1, 0.15) is 24.4 Å². The number of rotatable bonds is 7. The van der Waals surface area contributed by atoms with Crippen LogP contribution < -0.4 is 5.73 Å². The van der Waals surface area contributed by atoms with Crippen molar-refractivity contribution in [2.45, 2.75) is 50.0 Å². The molecule has 0 unspecified atom stereocenters. The topological polar surface area (TPSA) is 125 Å². The van der Waals surface area contributed by atoms with Gasteiger partial charge in [-0.3, -0.25) is 0 Å². The Morgan fingerprint density at radius 1 is 1.00 bits per heavy atom. The summed E-state index contributed by atoms with van der Waals surface area (Å²) in [6.45, 7) is 0.542. The molecule has 0 aromatic heterocycles. The van der Waals surface area contributed by atoms with Crippen molar-refractivity contribution in [2.24, 2.45) is 5.73 Å². The van der Waals surface area contributed by atoms with Gasteiger partial charge in [-0.25, -0.2) is 0 Å². The first-order valence-electron chi connectivity index (χ1n) is 6.24. The Kier molecular flexibility index (Phi) is 7.02. The quantitative estimate of drug-likeness (QED) is 0.335. The van der Waals surface area contributed by atoms with Crippen LogP contribution in [0.4, 0.5) is 0 Å². The van der Waals surface area contributed by atoms with Crippen molar-refractivity contribution in [1.29, 1.82) is 0 Å². The maximum Gasteiger partial charge on any atom is 0.186 e. The van der Waals surface area contributed by atoms with Crippen molar-refractivity contribution in [3.8, 4) is 0 Å². The summed E-state index contributed by atoms with van der Waals surface area (Å²) in [7, 11) is 0. The van der Waals surface area contributed by atoms with Crippen LogP contribution in [0.15, 0.2) is 0 Å². The largest absolute Gasteiger partial charge is 0.394 e. The van der Waals surface area contributed by atoms with Gasteiger partial charge in [-0.1, -0.05) is 0 Å². The smallest absolute Gasteiger partial charge is 0.186 e. The highest BCUT2D eigenvalue weighted by Crippen LogP contribution is 2.22. The van der Waals surface area contributed by atoms with E-state index < -0.39 is 37.3 Å². The van der Waals surface area contributed by atoms with E-state index in [9.17, 15) is 15.3 Å². The van der Waals surface area contributed by atoms with Crippen LogP contribution in [0.2, 0.25) is 0 Å². The minimum absolute atomic E-state index is 0.364. The molecule has 0 aromatic rings. The number of nitrogens with two attached hydrogens (primary N) is 1. The van der Waals surface area contributed by atoms with Crippen LogP contribution in [0.3, 0.4) is 0 Å². The molecule has 108 valence electrons. The van der Waals surface area contributed by atoms with E-state index >= 15 is 0 Å². The average molecular weight is 265 g/mol. The van der Waals surface area contributed by atoms with Gasteiger partial charge < -0.3 is 35.6 Å². The van der Waals surface area contributed by atoms with Gasteiger partial charge in [0.05, 0.1) is 6.61 Å². The molecular formula is C11H23NO6. The van der Waals surface area contributed by atoms with Crippen LogP contribution >= 0.6 is 0 Å². The monoisotopic (exact) mass is 265 g/mol. The molecule has 1 fully saturated rings. The highest BCUT2D eigenvalue weighted by atomic mass is 16.7. The Morgan fingerprint density at radius 3 is 2.33 bits per heavy atom. The highest BCUT2D eigenvalue weighted by Gasteiger charge is 2.43. The Labute approximate surface area is 106 Å². The molecule has 0 bridgehead atoms. The summed E-state index contributed by atoms with van der Waals surface area (Å²) in [5.74, 6) is 0. The summed E-state index contributed by atoms with van der Waals surface area (Å²) in [6.07, 6.45) is -3.42. The second-order valence-corrected chi connectivity index (χ2v) is 4.42. The minimum Gasteiger partial charge on any atom is -0.394 e. The Hall–Kier alpha value is -0.280. The highest BCUT2D eigenvalue weighted by molar-refractivity contribution is 4.88. The molecule has 0 amide bonds. The maximum absolute atomic E-state index is 9.66. The third kappa shape index (κ3) is 4.13. The van der Waals surface area contributed by atoms with E-state index in [1.165, 1.54) is 0 Å². The molecule has 6 N–H and O–H groups in total. The van der Waals surface area contributed by atoms with Gasteiger partial charge in [0.2, 0.25) is 0 Å². The van der Waals surface area contributed by atoms with Crippen LogP contribution in [0.5, 0.6) is 0 Å². The molecule has 1 saturated heterocycles. The number of hydrogen-bond acceptors (Lipinski definition) is 7. The first kappa shape index (κ1) is 15.8. The van der Waals surface area contributed by atoms with Crippen LogP contribution in [-0.2, 0) is 9.47 Å². The molecule has 0 saturated carbocycles. The molecule has 7 nitrogen and oxygen atoms in total. The molecule has 0 spiro atoms. The van der Waals surface area contributed by atoms with Gasteiger partial charge in [-0.05, 0) is 25.8 Å². The molecule has 1 heterocycles. The number of unbranched alkanes of at least 4 members (excludes halogenated alkanes) is 2. The lowest BCUT2D eigenvalue weighted by atomic mass is 9.99. The Morgan fingerprint density at radius 2 is 1.72 bits per heavy atom.